The largest absolute Gasteiger partial charge is 0.444 e. The molecule has 58 heavy (non-hydrogen) atoms. The third-order valence-electron chi connectivity index (χ3n) is 11.6. The zero-order valence-electron chi connectivity index (χ0n) is 35.4. The van der Waals surface area contributed by atoms with Crippen LogP contribution in [0.15, 0.2) is 43.0 Å². The van der Waals surface area contributed by atoms with Crippen LogP contribution in [0.1, 0.15) is 87.1 Å². The number of nitrogens with one attached hydrogen (secondary N) is 4. The Bertz CT molecular complexity index is 1820. The first-order valence-corrected chi connectivity index (χ1v) is 21.5. The number of amides is 6. The molecule has 4 rings (SSSR count). The molecule has 17 heteroatoms. The molecule has 2 saturated heterocycles. The minimum absolute atomic E-state index is 0.00481. The van der Waals surface area contributed by atoms with Crippen molar-refractivity contribution in [1.82, 2.24) is 34.8 Å². The van der Waals surface area contributed by atoms with Gasteiger partial charge in [-0.05, 0) is 40.1 Å². The number of unbranched alkanes of at least 4 members (excludes halogenated alkanes) is 1. The molecular formula is C41H63N7O9S. The van der Waals surface area contributed by atoms with Crippen molar-refractivity contribution >= 4 is 45.8 Å². The third kappa shape index (κ3) is 10.6. The molecule has 2 aliphatic heterocycles. The molecule has 1 aromatic rings. The number of benzene rings is 1. The van der Waals surface area contributed by atoms with Crippen molar-refractivity contribution in [2.45, 2.75) is 112 Å². The molecule has 0 bridgehead atoms. The fraction of sp³-hybridized carbons (Fsp3) is 0.659. The fourth-order valence-electron chi connectivity index (χ4n) is 7.78. The Kier molecular flexibility index (Phi) is 14.5. The summed E-state index contributed by atoms with van der Waals surface area (Å²) < 4.78 is 34.2. The molecule has 16 nitrogen and oxygen atoms in total. The topological polar surface area (TPSA) is 204 Å². The van der Waals surface area contributed by atoms with Crippen LogP contribution in [0.2, 0.25) is 0 Å². The number of urea groups is 1. The van der Waals surface area contributed by atoms with Crippen molar-refractivity contribution in [3.8, 4) is 0 Å². The van der Waals surface area contributed by atoms with Crippen LogP contribution in [-0.4, -0.2) is 114 Å². The Morgan fingerprint density at radius 3 is 2.21 bits per heavy atom. The van der Waals surface area contributed by atoms with Gasteiger partial charge in [0.25, 0.3) is 5.91 Å². The molecule has 1 saturated carbocycles. The minimum atomic E-state index is -4.27. The van der Waals surface area contributed by atoms with E-state index in [2.05, 4.69) is 27.8 Å². The summed E-state index contributed by atoms with van der Waals surface area (Å²) in [5.41, 5.74) is -1.06. The summed E-state index contributed by atoms with van der Waals surface area (Å²) in [6.07, 6.45) is 2.01. The van der Waals surface area contributed by atoms with E-state index in [4.69, 9.17) is 4.74 Å². The van der Waals surface area contributed by atoms with Crippen LogP contribution in [0.4, 0.5) is 9.59 Å². The second-order valence-electron chi connectivity index (χ2n) is 18.3. The molecule has 0 aromatic heterocycles. The van der Waals surface area contributed by atoms with E-state index in [-0.39, 0.29) is 63.0 Å². The molecule has 1 aromatic carbocycles. The molecule has 322 valence electrons. The van der Waals surface area contributed by atoms with Crippen molar-refractivity contribution < 1.29 is 41.9 Å². The van der Waals surface area contributed by atoms with E-state index in [1.807, 2.05) is 47.6 Å². The van der Waals surface area contributed by atoms with Crippen LogP contribution in [0.25, 0.3) is 0 Å². The number of hydrogen-bond donors (Lipinski definition) is 4. The summed E-state index contributed by atoms with van der Waals surface area (Å²) in [4.78, 5) is 82.7. The van der Waals surface area contributed by atoms with Crippen LogP contribution in [0, 0.1) is 28.1 Å². The smallest absolute Gasteiger partial charge is 0.424 e. The summed E-state index contributed by atoms with van der Waals surface area (Å²) in [6.45, 7) is 20.4. The van der Waals surface area contributed by atoms with Crippen molar-refractivity contribution in [1.29, 1.82) is 0 Å². The molecule has 3 fully saturated rings. The second-order valence-corrected chi connectivity index (χ2v) is 20.1. The lowest BCUT2D eigenvalue weighted by atomic mass is 9.85. The second kappa shape index (κ2) is 18.2. The summed E-state index contributed by atoms with van der Waals surface area (Å²) in [5, 5.41) is 11.0. The highest BCUT2D eigenvalue weighted by Gasteiger charge is 2.70. The fourth-order valence-corrected chi connectivity index (χ4v) is 9.26. The minimum Gasteiger partial charge on any atom is -0.444 e. The van der Waals surface area contributed by atoms with Gasteiger partial charge in [0.05, 0.1) is 12.6 Å². The average Bonchev–Trinajstić information content (AvgIpc) is 3.40. The normalized spacial score (nSPS) is 22.5. The van der Waals surface area contributed by atoms with Crippen LogP contribution in [0.3, 0.4) is 0 Å². The van der Waals surface area contributed by atoms with E-state index < -0.39 is 80.8 Å². The van der Waals surface area contributed by atoms with Crippen molar-refractivity contribution in [2.75, 3.05) is 32.7 Å². The molecule has 0 radical (unpaired) electrons. The van der Waals surface area contributed by atoms with Gasteiger partial charge in [0.15, 0.2) is 0 Å². The van der Waals surface area contributed by atoms with Gasteiger partial charge in [0.2, 0.25) is 17.6 Å². The number of carbonyl (C=O) groups excluding carboxylic acids is 6. The molecule has 2 heterocycles. The van der Waals surface area contributed by atoms with Gasteiger partial charge in [-0.1, -0.05) is 112 Å². The Balaban J connectivity index is 1.48. The predicted octanol–water partition coefficient (Wildman–Crippen LogP) is 3.34. The Morgan fingerprint density at radius 2 is 1.62 bits per heavy atom. The van der Waals surface area contributed by atoms with Crippen LogP contribution in [-0.2, 0) is 40.7 Å². The molecule has 0 spiro atoms. The van der Waals surface area contributed by atoms with E-state index in [1.54, 1.807) is 45.0 Å². The van der Waals surface area contributed by atoms with E-state index in [0.29, 0.717) is 16.3 Å². The summed E-state index contributed by atoms with van der Waals surface area (Å²) in [7, 11) is -4.27. The van der Waals surface area contributed by atoms with E-state index in [9.17, 15) is 37.2 Å². The first-order valence-electron chi connectivity index (χ1n) is 20.1. The lowest BCUT2D eigenvalue weighted by Crippen LogP contribution is -2.62. The highest BCUT2D eigenvalue weighted by molar-refractivity contribution is 7.87. The molecule has 4 N–H and O–H groups in total. The lowest BCUT2D eigenvalue weighted by Gasteiger charge is -2.39. The van der Waals surface area contributed by atoms with Gasteiger partial charge >= 0.3 is 22.3 Å². The Morgan fingerprint density at radius 1 is 0.966 bits per heavy atom. The highest BCUT2D eigenvalue weighted by atomic mass is 32.2. The summed E-state index contributed by atoms with van der Waals surface area (Å²) >= 11 is 0. The molecule has 3 aliphatic rings. The van der Waals surface area contributed by atoms with E-state index >= 15 is 0 Å². The van der Waals surface area contributed by atoms with Crippen LogP contribution in [0.5, 0.6) is 0 Å². The first-order chi connectivity index (χ1) is 27.0. The maximum absolute atomic E-state index is 14.6. The maximum Gasteiger partial charge on any atom is 0.424 e. The molecule has 6 atom stereocenters. The number of fused-ring (bicyclic) bond motifs is 1. The zero-order valence-corrected chi connectivity index (χ0v) is 36.2. The Hall–Kier alpha value is -4.51. The standard InChI is InChI=1S/C41H63N7O9S/c1-11-13-19-28(32(49)35(51)42-20-12-2)43-34(50)31-30-27(41(30,9)10)23-47(31)36(52)33(40(6,7)8)45-37(53)44-29(39(3,4)5)24-46-21-22-48(58(46,55)56)38(54)57-25-26-17-15-14-16-18-26/h12,14-18,27-31,33H,2,11,13,19-25H2,1,3-10H3,(H,42,51)(H,43,50)(H2,44,45,53)/t27-,28?,29+,30-,31-,33+/m0/s1. The number of Topliss-reactive ketones (excluding diaryl/α,β-unsaturated/α-hetero) is 1. The Labute approximate surface area is 343 Å². The van der Waals surface area contributed by atoms with Crippen molar-refractivity contribution in [2.24, 2.45) is 28.1 Å². The van der Waals surface area contributed by atoms with Crippen LogP contribution >= 0.6 is 0 Å². The molecular weight excluding hydrogens is 767 g/mol. The van der Waals surface area contributed by atoms with Gasteiger partial charge in [-0.15, -0.1) is 6.58 Å². The van der Waals surface area contributed by atoms with Gasteiger partial charge in [-0.3, -0.25) is 19.2 Å². The van der Waals surface area contributed by atoms with Gasteiger partial charge in [0, 0.05) is 32.2 Å². The van der Waals surface area contributed by atoms with Gasteiger partial charge in [-0.2, -0.15) is 17.0 Å². The summed E-state index contributed by atoms with van der Waals surface area (Å²) in [6, 6.07) is 4.27. The van der Waals surface area contributed by atoms with Gasteiger partial charge in [0.1, 0.15) is 18.7 Å². The lowest BCUT2D eigenvalue weighted by molar-refractivity contribution is -0.145. The average molecular weight is 830 g/mol. The number of piperidine rings is 1. The predicted molar refractivity (Wildman–Crippen MR) is 218 cm³/mol. The number of carbonyl (C=O) groups is 6. The number of rotatable bonds is 16. The third-order valence-corrected chi connectivity index (χ3v) is 13.4. The number of ketones is 1. The van der Waals surface area contributed by atoms with Crippen molar-refractivity contribution in [3.05, 3.63) is 48.6 Å². The van der Waals surface area contributed by atoms with Crippen molar-refractivity contribution in [3.63, 3.8) is 0 Å². The monoisotopic (exact) mass is 829 g/mol. The first kappa shape index (κ1) is 46.2. The summed E-state index contributed by atoms with van der Waals surface area (Å²) in [5.74, 6) is -2.82. The number of nitrogens with zero attached hydrogens (tertiary/aromatic N) is 3. The highest BCUT2D eigenvalue weighted by Crippen LogP contribution is 2.65. The SMILES string of the molecule is C=CCNC(=O)C(=O)C(CCCC)NC(=O)[C@@H]1[C@@H]2[C@H](CN1C(=O)[C@@H](NC(=O)N[C@H](CN1CCN(C(=O)OCc3ccccc3)S1(=O)=O)C(C)(C)C)C(C)(C)C)C2(C)C. The maximum atomic E-state index is 14.6. The quantitative estimate of drug-likeness (QED) is 0.142. The number of likely N-dealkylation sites (tertiary alicyclic amines) is 1. The zero-order chi connectivity index (χ0) is 43.4. The molecule has 6 amide bonds. The number of hydrogen-bond acceptors (Lipinski definition) is 9. The van der Waals surface area contributed by atoms with E-state index in [1.165, 1.54) is 11.0 Å². The van der Waals surface area contributed by atoms with Gasteiger partial charge in [-0.25, -0.2) is 9.59 Å². The molecule has 1 unspecified atom stereocenters. The molecule has 1 aliphatic carbocycles. The van der Waals surface area contributed by atoms with Crippen LogP contribution < -0.4 is 21.3 Å². The van der Waals surface area contributed by atoms with Gasteiger partial charge < -0.3 is 30.9 Å². The van der Waals surface area contributed by atoms with E-state index in [0.717, 1.165) is 10.7 Å². The number of ether oxygens (including phenoxy) is 1.